The number of nitrogens with zero attached hydrogens (tertiary/aromatic N) is 1. The Kier molecular flexibility index (Phi) is 6.29. The summed E-state index contributed by atoms with van der Waals surface area (Å²) in [7, 11) is 0. The van der Waals surface area contributed by atoms with Crippen molar-refractivity contribution in [3.05, 3.63) is 44.8 Å². The first kappa shape index (κ1) is 16.1. The van der Waals surface area contributed by atoms with Gasteiger partial charge in [-0.3, -0.25) is 4.79 Å². The van der Waals surface area contributed by atoms with Crippen LogP contribution < -0.4 is 10.1 Å². The minimum atomic E-state index is -0.0176. The molecule has 0 unspecified atom stereocenters. The van der Waals surface area contributed by atoms with Crippen LogP contribution in [0.1, 0.15) is 17.8 Å². The second-order valence-electron chi connectivity index (χ2n) is 4.23. The fourth-order valence-corrected chi connectivity index (χ4v) is 2.63. The number of carbonyl (C=O) groups is 1. The van der Waals surface area contributed by atoms with Crippen molar-refractivity contribution in [1.29, 1.82) is 0 Å². The fourth-order valence-electron chi connectivity index (χ4n) is 1.61. The molecule has 1 N–H and O–H groups in total. The molecule has 0 spiro atoms. The molecule has 1 amide bonds. The molecule has 21 heavy (non-hydrogen) atoms. The second-order valence-corrected chi connectivity index (χ2v) is 6.05. The zero-order valence-electron chi connectivity index (χ0n) is 11.1. The Labute approximate surface area is 137 Å². The van der Waals surface area contributed by atoms with Crippen LogP contribution in [0.15, 0.2) is 29.8 Å². The zero-order valence-corrected chi connectivity index (χ0v) is 13.5. The standard InChI is InChI=1S/C14H14Cl2N2O2S/c15-10-3-4-12(11(16)8-10)20-6-1-2-13(19)18-9-14-17-5-7-21-14/h3-5,7-8H,1-2,6,9H2,(H,18,19). The van der Waals surface area contributed by atoms with E-state index in [0.29, 0.717) is 41.8 Å². The van der Waals surface area contributed by atoms with Gasteiger partial charge in [0, 0.05) is 23.0 Å². The average molecular weight is 345 g/mol. The molecule has 1 heterocycles. The van der Waals surface area contributed by atoms with E-state index in [-0.39, 0.29) is 5.91 Å². The number of ether oxygens (including phenoxy) is 1. The van der Waals surface area contributed by atoms with E-state index in [4.69, 9.17) is 27.9 Å². The Balaban J connectivity index is 1.64. The maximum atomic E-state index is 11.6. The molecule has 0 fully saturated rings. The molecule has 1 aromatic heterocycles. The monoisotopic (exact) mass is 344 g/mol. The third kappa shape index (κ3) is 5.53. The number of nitrogens with one attached hydrogen (secondary N) is 1. The highest BCUT2D eigenvalue weighted by Gasteiger charge is 2.05. The molecule has 4 nitrogen and oxygen atoms in total. The van der Waals surface area contributed by atoms with Gasteiger partial charge in [-0.2, -0.15) is 0 Å². The van der Waals surface area contributed by atoms with Gasteiger partial charge >= 0.3 is 0 Å². The Morgan fingerprint density at radius 2 is 2.24 bits per heavy atom. The maximum absolute atomic E-state index is 11.6. The van der Waals surface area contributed by atoms with Crippen molar-refractivity contribution >= 4 is 40.4 Å². The number of thiazole rings is 1. The predicted octanol–water partition coefficient (Wildman–Crippen LogP) is 3.93. The van der Waals surface area contributed by atoms with Crippen LogP contribution in [-0.4, -0.2) is 17.5 Å². The van der Waals surface area contributed by atoms with Gasteiger partial charge in [-0.05, 0) is 24.6 Å². The third-order valence-electron chi connectivity index (χ3n) is 2.62. The van der Waals surface area contributed by atoms with Crippen LogP contribution in [0.5, 0.6) is 5.75 Å². The Hall–Kier alpha value is -1.30. The summed E-state index contributed by atoms with van der Waals surface area (Å²) in [6.07, 6.45) is 2.73. The van der Waals surface area contributed by atoms with E-state index in [1.54, 1.807) is 24.4 Å². The number of rotatable bonds is 7. The SMILES string of the molecule is O=C(CCCOc1ccc(Cl)cc1Cl)NCc1nccs1. The van der Waals surface area contributed by atoms with Crippen molar-refractivity contribution in [2.24, 2.45) is 0 Å². The maximum Gasteiger partial charge on any atom is 0.220 e. The number of amides is 1. The number of carbonyl (C=O) groups excluding carboxylic acids is 1. The number of hydrogen-bond acceptors (Lipinski definition) is 4. The van der Waals surface area contributed by atoms with E-state index in [2.05, 4.69) is 10.3 Å². The lowest BCUT2D eigenvalue weighted by Crippen LogP contribution is -2.22. The topological polar surface area (TPSA) is 51.2 Å². The van der Waals surface area contributed by atoms with Gasteiger partial charge in [-0.15, -0.1) is 11.3 Å². The summed E-state index contributed by atoms with van der Waals surface area (Å²) in [6, 6.07) is 5.05. The summed E-state index contributed by atoms with van der Waals surface area (Å²) in [5, 5.41) is 6.62. The molecule has 0 saturated carbocycles. The lowest BCUT2D eigenvalue weighted by molar-refractivity contribution is -0.121. The van der Waals surface area contributed by atoms with Crippen LogP contribution in [-0.2, 0) is 11.3 Å². The molecule has 0 bridgehead atoms. The molecule has 0 aliphatic carbocycles. The number of hydrogen-bond donors (Lipinski definition) is 1. The van der Waals surface area contributed by atoms with Gasteiger partial charge < -0.3 is 10.1 Å². The van der Waals surface area contributed by atoms with E-state index >= 15 is 0 Å². The van der Waals surface area contributed by atoms with Crippen LogP contribution in [0, 0.1) is 0 Å². The van der Waals surface area contributed by atoms with E-state index in [1.165, 1.54) is 11.3 Å². The molecule has 7 heteroatoms. The molecule has 0 aliphatic heterocycles. The van der Waals surface area contributed by atoms with Gasteiger partial charge in [0.1, 0.15) is 10.8 Å². The Morgan fingerprint density at radius 3 is 2.95 bits per heavy atom. The summed E-state index contributed by atoms with van der Waals surface area (Å²) in [4.78, 5) is 15.7. The molecular weight excluding hydrogens is 331 g/mol. The predicted molar refractivity (Wildman–Crippen MR) is 85.2 cm³/mol. The fraction of sp³-hybridized carbons (Fsp3) is 0.286. The zero-order chi connectivity index (χ0) is 15.1. The molecule has 0 atom stereocenters. The Morgan fingerprint density at radius 1 is 1.38 bits per heavy atom. The summed E-state index contributed by atoms with van der Waals surface area (Å²) < 4.78 is 5.51. The van der Waals surface area contributed by atoms with Crippen LogP contribution in [0.2, 0.25) is 10.0 Å². The van der Waals surface area contributed by atoms with Crippen molar-refractivity contribution in [1.82, 2.24) is 10.3 Å². The molecule has 1 aromatic carbocycles. The minimum absolute atomic E-state index is 0.0176. The number of aromatic nitrogens is 1. The van der Waals surface area contributed by atoms with Gasteiger partial charge in [0.15, 0.2) is 0 Å². The average Bonchev–Trinajstić information content (AvgIpc) is 2.96. The first-order valence-corrected chi connectivity index (χ1v) is 8.01. The van der Waals surface area contributed by atoms with E-state index in [0.717, 1.165) is 5.01 Å². The molecule has 112 valence electrons. The third-order valence-corrected chi connectivity index (χ3v) is 3.93. The highest BCUT2D eigenvalue weighted by Crippen LogP contribution is 2.27. The van der Waals surface area contributed by atoms with Crippen LogP contribution in [0.3, 0.4) is 0 Å². The minimum Gasteiger partial charge on any atom is -0.492 e. The summed E-state index contributed by atoms with van der Waals surface area (Å²) in [6.45, 7) is 0.895. The van der Waals surface area contributed by atoms with Crippen molar-refractivity contribution in [2.75, 3.05) is 6.61 Å². The number of benzene rings is 1. The van der Waals surface area contributed by atoms with E-state index in [1.807, 2.05) is 5.38 Å². The van der Waals surface area contributed by atoms with Gasteiger partial charge in [-0.1, -0.05) is 23.2 Å². The first-order valence-electron chi connectivity index (χ1n) is 6.38. The molecule has 0 aliphatic rings. The van der Waals surface area contributed by atoms with Crippen molar-refractivity contribution < 1.29 is 9.53 Å². The quantitative estimate of drug-likeness (QED) is 0.774. The van der Waals surface area contributed by atoms with Crippen LogP contribution in [0.4, 0.5) is 0 Å². The van der Waals surface area contributed by atoms with Gasteiger partial charge in [0.25, 0.3) is 0 Å². The smallest absolute Gasteiger partial charge is 0.220 e. The highest BCUT2D eigenvalue weighted by molar-refractivity contribution is 7.09. The molecule has 0 radical (unpaired) electrons. The normalized spacial score (nSPS) is 10.4. The summed E-state index contributed by atoms with van der Waals surface area (Å²) in [5.74, 6) is 0.556. The number of halogens is 2. The Bertz CT molecular complexity index is 591. The highest BCUT2D eigenvalue weighted by atomic mass is 35.5. The van der Waals surface area contributed by atoms with E-state index < -0.39 is 0 Å². The second kappa shape index (κ2) is 8.22. The molecule has 0 saturated heterocycles. The van der Waals surface area contributed by atoms with Crippen LogP contribution in [0.25, 0.3) is 0 Å². The van der Waals surface area contributed by atoms with Gasteiger partial charge in [0.2, 0.25) is 5.91 Å². The van der Waals surface area contributed by atoms with Crippen LogP contribution >= 0.6 is 34.5 Å². The van der Waals surface area contributed by atoms with Gasteiger partial charge in [-0.25, -0.2) is 4.98 Å². The lowest BCUT2D eigenvalue weighted by atomic mass is 10.3. The van der Waals surface area contributed by atoms with Crippen molar-refractivity contribution in [3.63, 3.8) is 0 Å². The van der Waals surface area contributed by atoms with E-state index in [9.17, 15) is 4.79 Å². The van der Waals surface area contributed by atoms with Crippen molar-refractivity contribution in [2.45, 2.75) is 19.4 Å². The summed E-state index contributed by atoms with van der Waals surface area (Å²) >= 11 is 13.3. The lowest BCUT2D eigenvalue weighted by Gasteiger charge is -2.08. The first-order chi connectivity index (χ1) is 10.1. The van der Waals surface area contributed by atoms with Crippen molar-refractivity contribution in [3.8, 4) is 5.75 Å². The molecular formula is C14H14Cl2N2O2S. The largest absolute Gasteiger partial charge is 0.492 e. The molecule has 2 rings (SSSR count). The molecule has 2 aromatic rings. The summed E-state index contributed by atoms with van der Waals surface area (Å²) in [5.41, 5.74) is 0. The van der Waals surface area contributed by atoms with Gasteiger partial charge in [0.05, 0.1) is 18.2 Å².